The summed E-state index contributed by atoms with van der Waals surface area (Å²) < 4.78 is 19.1. The smallest absolute Gasteiger partial charge is 0.136 e. The highest BCUT2D eigenvalue weighted by Gasteiger charge is 2.18. The molecule has 0 radical (unpaired) electrons. The van der Waals surface area contributed by atoms with E-state index in [1.54, 1.807) is 12.1 Å². The topological polar surface area (TPSA) is 35.0 Å². The van der Waals surface area contributed by atoms with Crippen molar-refractivity contribution in [2.45, 2.75) is 19.8 Å². The number of methoxy groups -OCH3 is 1. The summed E-state index contributed by atoms with van der Waals surface area (Å²) in [7, 11) is 1.50. The summed E-state index contributed by atoms with van der Waals surface area (Å²) >= 11 is 6.09. The first-order chi connectivity index (χ1) is 9.04. The molecule has 0 amide bonds. The van der Waals surface area contributed by atoms with Crippen molar-refractivity contribution in [2.24, 2.45) is 0 Å². The minimum Gasteiger partial charge on any atom is -0.497 e. The van der Waals surface area contributed by atoms with E-state index in [-0.39, 0.29) is 5.92 Å². The van der Waals surface area contributed by atoms with Gasteiger partial charge in [0.1, 0.15) is 23.0 Å². The summed E-state index contributed by atoms with van der Waals surface area (Å²) in [5.74, 6) is 0.175. The van der Waals surface area contributed by atoms with Gasteiger partial charge in [-0.3, -0.25) is 0 Å². The highest BCUT2D eigenvalue weighted by atomic mass is 35.5. The van der Waals surface area contributed by atoms with Crippen LogP contribution in [-0.4, -0.2) is 17.1 Å². The third-order valence-electron chi connectivity index (χ3n) is 2.84. The van der Waals surface area contributed by atoms with E-state index < -0.39 is 5.82 Å². The van der Waals surface area contributed by atoms with Gasteiger partial charge < -0.3 is 4.74 Å². The second-order valence-electron chi connectivity index (χ2n) is 4.43. The number of nitrogens with zero attached hydrogens (tertiary/aromatic N) is 2. The van der Waals surface area contributed by atoms with E-state index in [4.69, 9.17) is 16.3 Å². The molecule has 2 rings (SSSR count). The molecule has 0 bridgehead atoms. The third kappa shape index (κ3) is 2.68. The van der Waals surface area contributed by atoms with Gasteiger partial charge in [0.25, 0.3) is 0 Å². The molecule has 1 heterocycles. The van der Waals surface area contributed by atoms with Gasteiger partial charge >= 0.3 is 0 Å². The molecule has 0 unspecified atom stereocenters. The number of hydrogen-bond acceptors (Lipinski definition) is 3. The van der Waals surface area contributed by atoms with Crippen LogP contribution in [0, 0.1) is 5.82 Å². The van der Waals surface area contributed by atoms with Crippen LogP contribution in [0.3, 0.4) is 0 Å². The molecule has 0 saturated carbocycles. The van der Waals surface area contributed by atoms with Crippen LogP contribution in [0.25, 0.3) is 11.3 Å². The fraction of sp³-hybridized carbons (Fsp3) is 0.286. The van der Waals surface area contributed by atoms with Crippen LogP contribution in [0.2, 0.25) is 5.15 Å². The molecule has 5 heteroatoms. The number of rotatable bonds is 3. The Kier molecular flexibility index (Phi) is 4.00. The summed E-state index contributed by atoms with van der Waals surface area (Å²) in [6.45, 7) is 3.94. The molecule has 0 spiro atoms. The standard InChI is InChI=1S/C14H14ClFN2O/c1-8(2)12-13(17-7-18-14(12)15)10-5-4-9(19-3)6-11(10)16/h4-8H,1-3H3. The molecule has 3 nitrogen and oxygen atoms in total. The molecule has 0 N–H and O–H groups in total. The molecule has 19 heavy (non-hydrogen) atoms. The summed E-state index contributed by atoms with van der Waals surface area (Å²) in [6.07, 6.45) is 1.34. The number of benzene rings is 1. The average molecular weight is 281 g/mol. The number of aromatic nitrogens is 2. The average Bonchev–Trinajstić information content (AvgIpc) is 2.37. The fourth-order valence-electron chi connectivity index (χ4n) is 1.92. The molecule has 0 atom stereocenters. The van der Waals surface area contributed by atoms with Crippen molar-refractivity contribution in [2.75, 3.05) is 7.11 Å². The summed E-state index contributed by atoms with van der Waals surface area (Å²) in [5.41, 5.74) is 1.66. The van der Waals surface area contributed by atoms with Crippen molar-refractivity contribution in [1.29, 1.82) is 0 Å². The van der Waals surface area contributed by atoms with E-state index in [9.17, 15) is 4.39 Å². The largest absolute Gasteiger partial charge is 0.497 e. The molecular weight excluding hydrogens is 267 g/mol. The zero-order chi connectivity index (χ0) is 14.0. The lowest BCUT2D eigenvalue weighted by molar-refractivity contribution is 0.411. The van der Waals surface area contributed by atoms with Crippen molar-refractivity contribution in [3.8, 4) is 17.0 Å². The van der Waals surface area contributed by atoms with Gasteiger partial charge in [-0.15, -0.1) is 0 Å². The lowest BCUT2D eigenvalue weighted by Gasteiger charge is -2.13. The molecule has 0 aliphatic heterocycles. The minimum absolute atomic E-state index is 0.102. The monoisotopic (exact) mass is 280 g/mol. The van der Waals surface area contributed by atoms with E-state index in [1.807, 2.05) is 13.8 Å². The predicted molar refractivity (Wildman–Crippen MR) is 73.1 cm³/mol. The van der Waals surface area contributed by atoms with Gasteiger partial charge in [0.15, 0.2) is 0 Å². The lowest BCUT2D eigenvalue weighted by Crippen LogP contribution is -2.00. The van der Waals surface area contributed by atoms with Gasteiger partial charge in [-0.25, -0.2) is 14.4 Å². The Morgan fingerprint density at radius 1 is 1.26 bits per heavy atom. The van der Waals surface area contributed by atoms with E-state index in [1.165, 1.54) is 19.5 Å². The minimum atomic E-state index is -0.393. The van der Waals surface area contributed by atoms with Gasteiger partial charge in [-0.05, 0) is 18.1 Å². The molecule has 0 aliphatic carbocycles. The Morgan fingerprint density at radius 2 is 2.00 bits per heavy atom. The summed E-state index contributed by atoms with van der Waals surface area (Å²) in [5, 5.41) is 0.357. The zero-order valence-electron chi connectivity index (χ0n) is 10.9. The maximum absolute atomic E-state index is 14.1. The SMILES string of the molecule is COc1ccc(-c2ncnc(Cl)c2C(C)C)c(F)c1. The van der Waals surface area contributed by atoms with E-state index >= 15 is 0 Å². The van der Waals surface area contributed by atoms with Crippen LogP contribution >= 0.6 is 11.6 Å². The molecule has 1 aromatic carbocycles. The van der Waals surface area contributed by atoms with Gasteiger partial charge in [0.05, 0.1) is 12.8 Å². The fourth-order valence-corrected chi connectivity index (χ4v) is 2.27. The Hall–Kier alpha value is -1.68. The first kappa shape index (κ1) is 13.7. The first-order valence-electron chi connectivity index (χ1n) is 5.89. The highest BCUT2D eigenvalue weighted by molar-refractivity contribution is 6.30. The van der Waals surface area contributed by atoms with Crippen LogP contribution in [0.4, 0.5) is 4.39 Å². The number of hydrogen-bond donors (Lipinski definition) is 0. The predicted octanol–water partition coefficient (Wildman–Crippen LogP) is 4.07. The lowest BCUT2D eigenvalue weighted by atomic mass is 9.98. The first-order valence-corrected chi connectivity index (χ1v) is 6.26. The number of ether oxygens (including phenoxy) is 1. The Morgan fingerprint density at radius 3 is 2.58 bits per heavy atom. The second kappa shape index (κ2) is 5.53. The van der Waals surface area contributed by atoms with Crippen molar-refractivity contribution >= 4 is 11.6 Å². The summed E-state index contributed by atoms with van der Waals surface area (Å²) in [6, 6.07) is 4.66. The van der Waals surface area contributed by atoms with Gasteiger partial charge in [0.2, 0.25) is 0 Å². The quantitative estimate of drug-likeness (QED) is 0.795. The van der Waals surface area contributed by atoms with Gasteiger partial charge in [-0.1, -0.05) is 25.4 Å². The van der Waals surface area contributed by atoms with Gasteiger partial charge in [0, 0.05) is 17.2 Å². The zero-order valence-corrected chi connectivity index (χ0v) is 11.7. The highest BCUT2D eigenvalue weighted by Crippen LogP contribution is 2.33. The van der Waals surface area contributed by atoms with Crippen molar-refractivity contribution < 1.29 is 9.13 Å². The van der Waals surface area contributed by atoms with Crippen LogP contribution in [0.1, 0.15) is 25.3 Å². The molecule has 0 fully saturated rings. The van der Waals surface area contributed by atoms with E-state index in [0.717, 1.165) is 5.56 Å². The van der Waals surface area contributed by atoms with Crippen molar-refractivity contribution in [1.82, 2.24) is 9.97 Å². The number of halogens is 2. The second-order valence-corrected chi connectivity index (χ2v) is 4.79. The van der Waals surface area contributed by atoms with Crippen LogP contribution < -0.4 is 4.74 Å². The maximum Gasteiger partial charge on any atom is 0.136 e. The molecule has 0 aliphatic rings. The Labute approximate surface area is 116 Å². The Bertz CT molecular complexity index is 602. The third-order valence-corrected chi connectivity index (χ3v) is 3.15. The molecule has 1 aromatic heterocycles. The van der Waals surface area contributed by atoms with Crippen LogP contribution in [-0.2, 0) is 0 Å². The molecule has 0 saturated heterocycles. The normalized spacial score (nSPS) is 10.8. The summed E-state index contributed by atoms with van der Waals surface area (Å²) in [4.78, 5) is 8.13. The van der Waals surface area contributed by atoms with Crippen LogP contribution in [0.15, 0.2) is 24.5 Å². The maximum atomic E-state index is 14.1. The van der Waals surface area contributed by atoms with Crippen molar-refractivity contribution in [3.63, 3.8) is 0 Å². The molecule has 2 aromatic rings. The molecule has 100 valence electrons. The van der Waals surface area contributed by atoms with Crippen LogP contribution in [0.5, 0.6) is 5.75 Å². The van der Waals surface area contributed by atoms with E-state index in [2.05, 4.69) is 9.97 Å². The Balaban J connectivity index is 2.62. The van der Waals surface area contributed by atoms with E-state index in [0.29, 0.717) is 22.2 Å². The molecular formula is C14H14ClFN2O. The van der Waals surface area contributed by atoms with Crippen molar-refractivity contribution in [3.05, 3.63) is 41.1 Å². The van der Waals surface area contributed by atoms with Gasteiger partial charge in [-0.2, -0.15) is 0 Å².